The lowest BCUT2D eigenvalue weighted by atomic mass is 10.2. The van der Waals surface area contributed by atoms with E-state index in [4.69, 9.17) is 27.5 Å². The number of hydrogen-bond donors (Lipinski definition) is 2. The van der Waals surface area contributed by atoms with Gasteiger partial charge in [0.05, 0.1) is 5.56 Å². The number of amidine groups is 1. The fraction of sp³-hybridized carbons (Fsp3) is 0.0714. The fourth-order valence-electron chi connectivity index (χ4n) is 1.61. The number of halogens is 2. The summed E-state index contributed by atoms with van der Waals surface area (Å²) in [5.74, 6) is 0.408. The van der Waals surface area contributed by atoms with Gasteiger partial charge in [-0.05, 0) is 42.8 Å². The Balaban J connectivity index is 2.39. The molecule has 0 aromatic heterocycles. The molecule has 2 aromatic carbocycles. The van der Waals surface area contributed by atoms with Gasteiger partial charge in [0.2, 0.25) is 0 Å². The van der Waals surface area contributed by atoms with Crippen molar-refractivity contribution >= 4 is 17.4 Å². The second-order valence-electron chi connectivity index (χ2n) is 4.07. The Morgan fingerprint density at radius 3 is 2.63 bits per heavy atom. The molecule has 0 saturated carbocycles. The van der Waals surface area contributed by atoms with E-state index in [-0.39, 0.29) is 11.7 Å². The number of nitrogens with one attached hydrogen (secondary N) is 1. The molecule has 0 aliphatic heterocycles. The van der Waals surface area contributed by atoms with Gasteiger partial charge in [0.25, 0.3) is 0 Å². The molecule has 0 spiro atoms. The molecule has 98 valence electrons. The number of nitrogens with two attached hydrogens (primary N) is 1. The molecule has 0 fully saturated rings. The lowest BCUT2D eigenvalue weighted by Crippen LogP contribution is -2.12. The van der Waals surface area contributed by atoms with E-state index in [1.165, 1.54) is 12.1 Å². The maximum absolute atomic E-state index is 13.2. The van der Waals surface area contributed by atoms with Gasteiger partial charge in [-0.2, -0.15) is 0 Å². The fourth-order valence-corrected chi connectivity index (χ4v) is 1.77. The number of aryl methyl sites for hydroxylation is 1. The van der Waals surface area contributed by atoms with Gasteiger partial charge in [0.15, 0.2) is 0 Å². The van der Waals surface area contributed by atoms with Gasteiger partial charge in [0, 0.05) is 11.1 Å². The Bertz CT molecular complexity index is 643. The Kier molecular flexibility index (Phi) is 3.71. The van der Waals surface area contributed by atoms with Crippen molar-refractivity contribution < 1.29 is 9.13 Å². The summed E-state index contributed by atoms with van der Waals surface area (Å²) in [5, 5.41) is 7.95. The van der Waals surface area contributed by atoms with E-state index in [0.717, 1.165) is 0 Å². The van der Waals surface area contributed by atoms with Crippen molar-refractivity contribution in [2.75, 3.05) is 0 Å². The van der Waals surface area contributed by atoms with Crippen LogP contribution < -0.4 is 10.5 Å². The van der Waals surface area contributed by atoms with Crippen molar-refractivity contribution in [3.05, 3.63) is 58.4 Å². The average Bonchev–Trinajstić information content (AvgIpc) is 2.33. The number of benzene rings is 2. The third kappa shape index (κ3) is 3.03. The van der Waals surface area contributed by atoms with Crippen LogP contribution in [0.15, 0.2) is 36.4 Å². The van der Waals surface area contributed by atoms with E-state index in [2.05, 4.69) is 0 Å². The molecule has 0 aliphatic carbocycles. The number of rotatable bonds is 3. The van der Waals surface area contributed by atoms with Crippen molar-refractivity contribution in [3.8, 4) is 11.5 Å². The minimum absolute atomic E-state index is 0.120. The highest BCUT2D eigenvalue weighted by molar-refractivity contribution is 6.30. The maximum atomic E-state index is 13.2. The van der Waals surface area contributed by atoms with Gasteiger partial charge in [-0.3, -0.25) is 5.41 Å². The molecule has 2 rings (SSSR count). The molecular formula is C14H12ClFN2O. The van der Waals surface area contributed by atoms with Gasteiger partial charge in [-0.1, -0.05) is 11.6 Å². The molecule has 0 amide bonds. The molecule has 0 aliphatic rings. The highest BCUT2D eigenvalue weighted by Gasteiger charge is 2.09. The first-order chi connectivity index (χ1) is 8.97. The molecule has 0 heterocycles. The van der Waals surface area contributed by atoms with Crippen LogP contribution in [-0.4, -0.2) is 5.84 Å². The number of nitrogen functional groups attached to an aromatic ring is 1. The van der Waals surface area contributed by atoms with E-state index in [1.807, 2.05) is 0 Å². The van der Waals surface area contributed by atoms with Crippen LogP contribution in [0.25, 0.3) is 0 Å². The molecule has 3 N–H and O–H groups in total. The summed E-state index contributed by atoms with van der Waals surface area (Å²) >= 11 is 5.89. The van der Waals surface area contributed by atoms with Crippen molar-refractivity contribution in [1.29, 1.82) is 5.41 Å². The van der Waals surface area contributed by atoms with E-state index in [9.17, 15) is 4.39 Å². The van der Waals surface area contributed by atoms with Crippen LogP contribution in [0, 0.1) is 18.2 Å². The molecule has 0 bridgehead atoms. The maximum Gasteiger partial charge on any atom is 0.139 e. The second-order valence-corrected chi connectivity index (χ2v) is 4.50. The van der Waals surface area contributed by atoms with Crippen molar-refractivity contribution in [2.24, 2.45) is 5.73 Å². The largest absolute Gasteiger partial charge is 0.457 e. The van der Waals surface area contributed by atoms with Crippen LogP contribution in [0.5, 0.6) is 11.5 Å². The minimum atomic E-state index is -0.301. The quantitative estimate of drug-likeness (QED) is 0.661. The predicted molar refractivity (Wildman–Crippen MR) is 73.7 cm³/mol. The van der Waals surface area contributed by atoms with Gasteiger partial charge in [0.1, 0.15) is 23.2 Å². The lowest BCUT2D eigenvalue weighted by molar-refractivity contribution is 0.478. The van der Waals surface area contributed by atoms with Crippen LogP contribution in [0.1, 0.15) is 11.1 Å². The van der Waals surface area contributed by atoms with Crippen molar-refractivity contribution in [2.45, 2.75) is 6.92 Å². The van der Waals surface area contributed by atoms with Crippen LogP contribution in [-0.2, 0) is 0 Å². The topological polar surface area (TPSA) is 59.1 Å². The first-order valence-corrected chi connectivity index (χ1v) is 5.93. The molecule has 0 unspecified atom stereocenters. The third-order valence-electron chi connectivity index (χ3n) is 2.59. The number of ether oxygens (including phenoxy) is 1. The summed E-state index contributed by atoms with van der Waals surface area (Å²) in [7, 11) is 0. The average molecular weight is 279 g/mol. The summed E-state index contributed by atoms with van der Waals surface area (Å²) < 4.78 is 18.8. The van der Waals surface area contributed by atoms with Gasteiger partial charge in [-0.25, -0.2) is 4.39 Å². The molecular weight excluding hydrogens is 267 g/mol. The zero-order valence-corrected chi connectivity index (χ0v) is 11.0. The number of hydrogen-bond acceptors (Lipinski definition) is 2. The smallest absolute Gasteiger partial charge is 0.139 e. The molecule has 3 nitrogen and oxygen atoms in total. The summed E-state index contributed by atoms with van der Waals surface area (Å²) in [6, 6.07) is 9.20. The zero-order valence-electron chi connectivity index (χ0n) is 10.2. The van der Waals surface area contributed by atoms with Crippen LogP contribution in [0.2, 0.25) is 5.02 Å². The summed E-state index contributed by atoms with van der Waals surface area (Å²) in [4.78, 5) is 0. The van der Waals surface area contributed by atoms with Crippen LogP contribution >= 0.6 is 11.6 Å². The normalized spacial score (nSPS) is 10.3. The van der Waals surface area contributed by atoms with Crippen molar-refractivity contribution in [1.82, 2.24) is 0 Å². The van der Waals surface area contributed by atoms with E-state index < -0.39 is 0 Å². The van der Waals surface area contributed by atoms with E-state index in [1.54, 1.807) is 31.2 Å². The van der Waals surface area contributed by atoms with Crippen LogP contribution in [0.4, 0.5) is 4.39 Å². The Morgan fingerprint density at radius 2 is 2.00 bits per heavy atom. The van der Waals surface area contributed by atoms with Gasteiger partial charge < -0.3 is 10.5 Å². The predicted octanol–water partition coefficient (Wildman–Crippen LogP) is 3.86. The Morgan fingerprint density at radius 1 is 1.26 bits per heavy atom. The van der Waals surface area contributed by atoms with Gasteiger partial charge >= 0.3 is 0 Å². The highest BCUT2D eigenvalue weighted by atomic mass is 35.5. The van der Waals surface area contributed by atoms with Crippen LogP contribution in [0.3, 0.4) is 0 Å². The third-order valence-corrected chi connectivity index (χ3v) is 2.83. The second kappa shape index (κ2) is 5.28. The molecule has 19 heavy (non-hydrogen) atoms. The first kappa shape index (κ1) is 13.4. The molecule has 2 aromatic rings. The Hall–Kier alpha value is -2.07. The standard InChI is InChI=1S/C14H12ClFN2O/c1-8-6-10(3-5-12(8)16)19-13-7-9(15)2-4-11(13)14(17)18/h2-7H,1H3,(H3,17,18). The lowest BCUT2D eigenvalue weighted by Gasteiger charge is -2.11. The van der Waals surface area contributed by atoms with E-state index in [0.29, 0.717) is 27.6 Å². The molecule has 5 heteroatoms. The minimum Gasteiger partial charge on any atom is -0.457 e. The summed E-state index contributed by atoms with van der Waals surface area (Å²) in [6.45, 7) is 1.64. The monoisotopic (exact) mass is 278 g/mol. The zero-order chi connectivity index (χ0) is 14.0. The Labute approximate surface area is 115 Å². The first-order valence-electron chi connectivity index (χ1n) is 5.55. The van der Waals surface area contributed by atoms with Gasteiger partial charge in [-0.15, -0.1) is 0 Å². The van der Waals surface area contributed by atoms with E-state index >= 15 is 0 Å². The molecule has 0 saturated heterocycles. The summed E-state index contributed by atoms with van der Waals surface area (Å²) in [6.07, 6.45) is 0. The van der Waals surface area contributed by atoms with Crippen molar-refractivity contribution in [3.63, 3.8) is 0 Å². The molecule has 0 radical (unpaired) electrons. The molecule has 0 atom stereocenters. The SMILES string of the molecule is Cc1cc(Oc2cc(Cl)ccc2C(=N)N)ccc1F. The highest BCUT2D eigenvalue weighted by Crippen LogP contribution is 2.29. The summed E-state index contributed by atoms with van der Waals surface area (Å²) in [5.41, 5.74) is 6.38.